The highest BCUT2D eigenvalue weighted by atomic mass is 33.1. The highest BCUT2D eigenvalue weighted by molar-refractivity contribution is 8.76. The summed E-state index contributed by atoms with van der Waals surface area (Å²) >= 11 is 0. The van der Waals surface area contributed by atoms with Crippen LogP contribution in [0, 0.1) is 5.41 Å². The Kier molecular flexibility index (Phi) is 7.42. The number of benzene rings is 4. The molecule has 0 fully saturated rings. The van der Waals surface area contributed by atoms with Gasteiger partial charge in [-0.25, -0.2) is 0 Å². The van der Waals surface area contributed by atoms with Gasteiger partial charge < -0.3 is 9.84 Å². The zero-order chi connectivity index (χ0) is 25.3. The molecule has 0 saturated heterocycles. The predicted molar refractivity (Wildman–Crippen MR) is 158 cm³/mol. The van der Waals surface area contributed by atoms with E-state index in [0.717, 1.165) is 29.9 Å². The Morgan fingerprint density at radius 2 is 1.44 bits per heavy atom. The summed E-state index contributed by atoms with van der Waals surface area (Å²) in [4.78, 5) is 0. The maximum absolute atomic E-state index is 11.6. The van der Waals surface area contributed by atoms with Gasteiger partial charge in [-0.15, -0.1) is 0 Å². The molecule has 4 heterocycles. The molecule has 1 N–H and O–H groups in total. The quantitative estimate of drug-likeness (QED) is 0.236. The number of ether oxygens (including phenoxy) is 1. The van der Waals surface area contributed by atoms with Gasteiger partial charge in [0.15, 0.2) is 5.79 Å². The monoisotopic (exact) mass is 516 g/mol. The highest BCUT2D eigenvalue weighted by Crippen LogP contribution is 2.45. The largest absolute Gasteiger partial charge is 0.365 e. The van der Waals surface area contributed by atoms with E-state index in [1.165, 1.54) is 38.2 Å². The summed E-state index contributed by atoms with van der Waals surface area (Å²) in [5.74, 6) is 0.522. The molecule has 4 aromatic rings. The van der Waals surface area contributed by atoms with Gasteiger partial charge in [0.25, 0.3) is 0 Å². The second-order valence-electron chi connectivity index (χ2n) is 11.2. The number of rotatable bonds is 0. The lowest BCUT2D eigenvalue weighted by Crippen LogP contribution is -2.43. The molecule has 1 unspecified atom stereocenters. The van der Waals surface area contributed by atoms with Crippen LogP contribution in [0.3, 0.4) is 0 Å². The molecule has 4 aliphatic rings. The van der Waals surface area contributed by atoms with E-state index in [0.29, 0.717) is 6.61 Å². The zero-order valence-electron chi connectivity index (χ0n) is 21.7. The Balaban J connectivity index is 1.53. The Bertz CT molecular complexity index is 1370. The maximum atomic E-state index is 11.6. The Labute approximate surface area is 223 Å². The van der Waals surface area contributed by atoms with Crippen molar-refractivity contribution in [3.63, 3.8) is 0 Å². The molecule has 0 aromatic heterocycles. The summed E-state index contributed by atoms with van der Waals surface area (Å²) in [5, 5.41) is 16.8. The first kappa shape index (κ1) is 25.7. The van der Waals surface area contributed by atoms with E-state index in [4.69, 9.17) is 4.74 Å². The number of hydrogen-bond acceptors (Lipinski definition) is 4. The molecule has 2 atom stereocenters. The lowest BCUT2D eigenvalue weighted by atomic mass is 9.71. The summed E-state index contributed by atoms with van der Waals surface area (Å²) in [5.41, 5.74) is 5.01. The minimum absolute atomic E-state index is 0.160. The van der Waals surface area contributed by atoms with E-state index in [-0.39, 0.29) is 11.3 Å². The molecule has 2 nitrogen and oxygen atoms in total. The van der Waals surface area contributed by atoms with Gasteiger partial charge in [0.05, 0.1) is 6.61 Å². The third-order valence-corrected chi connectivity index (χ3v) is 9.51. The average molecular weight is 517 g/mol. The Morgan fingerprint density at radius 1 is 0.833 bits per heavy atom. The van der Waals surface area contributed by atoms with Gasteiger partial charge in [0, 0.05) is 17.4 Å². The molecule has 0 amide bonds. The van der Waals surface area contributed by atoms with Crippen molar-refractivity contribution < 1.29 is 9.84 Å². The first-order valence-electron chi connectivity index (χ1n) is 12.9. The molecule has 4 aromatic carbocycles. The third-order valence-electron chi connectivity index (χ3n) is 7.28. The molecule has 36 heavy (non-hydrogen) atoms. The van der Waals surface area contributed by atoms with Gasteiger partial charge in [0.1, 0.15) is 0 Å². The topological polar surface area (TPSA) is 29.5 Å². The summed E-state index contributed by atoms with van der Waals surface area (Å²) < 4.78 is 6.23. The van der Waals surface area contributed by atoms with Gasteiger partial charge in [-0.1, -0.05) is 115 Å². The third kappa shape index (κ3) is 5.47. The van der Waals surface area contributed by atoms with Gasteiger partial charge in [-0.3, -0.25) is 0 Å². The van der Waals surface area contributed by atoms with Crippen molar-refractivity contribution in [2.45, 2.75) is 63.7 Å². The molecule has 0 saturated carbocycles. The lowest BCUT2D eigenvalue weighted by Gasteiger charge is -2.41. The number of hydrogen-bond donors (Lipinski definition) is 1. The normalized spacial score (nSPS) is 22.1. The molecule has 8 rings (SSSR count). The van der Waals surface area contributed by atoms with Crippen LogP contribution < -0.4 is 0 Å². The first-order chi connectivity index (χ1) is 17.2. The summed E-state index contributed by atoms with van der Waals surface area (Å²) in [6, 6.07) is 26.7. The Morgan fingerprint density at radius 3 is 2.08 bits per heavy atom. The van der Waals surface area contributed by atoms with Crippen molar-refractivity contribution in [1.29, 1.82) is 0 Å². The molecule has 8 bridgehead atoms. The smallest absolute Gasteiger partial charge is 0.169 e. The van der Waals surface area contributed by atoms with E-state index in [1.54, 1.807) is 0 Å². The fourth-order valence-corrected chi connectivity index (χ4v) is 8.00. The second-order valence-corrected chi connectivity index (χ2v) is 13.7. The maximum Gasteiger partial charge on any atom is 0.169 e. The van der Waals surface area contributed by atoms with Crippen LogP contribution in [0.4, 0.5) is 0 Å². The second kappa shape index (κ2) is 10.4. The molecule has 188 valence electrons. The lowest BCUT2D eigenvalue weighted by molar-refractivity contribution is -0.221. The fourth-order valence-electron chi connectivity index (χ4n) is 5.82. The molecule has 4 aliphatic heterocycles. The van der Waals surface area contributed by atoms with Crippen LogP contribution in [0.25, 0.3) is 21.5 Å². The minimum Gasteiger partial charge on any atom is -0.365 e. The molecule has 4 heteroatoms. The van der Waals surface area contributed by atoms with E-state index in [2.05, 4.69) is 93.6 Å². The predicted octanol–water partition coefficient (Wildman–Crippen LogP) is 8.88. The van der Waals surface area contributed by atoms with Gasteiger partial charge in [0.2, 0.25) is 0 Å². The minimum atomic E-state index is -1.27. The van der Waals surface area contributed by atoms with Crippen molar-refractivity contribution in [2.24, 2.45) is 5.41 Å². The van der Waals surface area contributed by atoms with Crippen molar-refractivity contribution in [1.82, 2.24) is 0 Å². The van der Waals surface area contributed by atoms with E-state index in [9.17, 15) is 5.11 Å². The fraction of sp³-hybridized carbons (Fsp3) is 0.375. The molecule has 0 radical (unpaired) electrons. The number of aliphatic hydroxyl groups is 1. The van der Waals surface area contributed by atoms with Crippen molar-refractivity contribution in [3.8, 4) is 0 Å². The van der Waals surface area contributed by atoms with Gasteiger partial charge in [-0.05, 0) is 69.0 Å². The zero-order valence-corrected chi connectivity index (χ0v) is 23.3. The van der Waals surface area contributed by atoms with Crippen LogP contribution in [0.2, 0.25) is 0 Å². The van der Waals surface area contributed by atoms with Crippen LogP contribution in [0.1, 0.15) is 62.3 Å². The highest BCUT2D eigenvalue weighted by Gasteiger charge is 2.42. The average Bonchev–Trinajstić information content (AvgIpc) is 2.83. The van der Waals surface area contributed by atoms with E-state index in [1.807, 2.05) is 28.5 Å². The van der Waals surface area contributed by atoms with Crippen molar-refractivity contribution in [2.75, 3.05) is 6.61 Å². The standard InChI is InChI=1S/C32H36O2S2/c1-31(2,3)30-25-14-16-29-24(19-25)10-6-12-27(29)21-36-35-20-26-11-5-9-23-18-22(13-15-28(23)26)8-7-17-34-32(30,4)33/h5-6,9-16,18-19,30,33H,7-8,17,20-21H2,1-4H3/t30-,32?/m0/s1. The van der Waals surface area contributed by atoms with E-state index >= 15 is 0 Å². The Hall–Kier alpha value is -1.98. The van der Waals surface area contributed by atoms with Crippen molar-refractivity contribution in [3.05, 3.63) is 95.1 Å². The summed E-state index contributed by atoms with van der Waals surface area (Å²) in [6.07, 6.45) is 1.80. The van der Waals surface area contributed by atoms with Gasteiger partial charge >= 0.3 is 0 Å². The summed E-state index contributed by atoms with van der Waals surface area (Å²) in [6.45, 7) is 8.91. The van der Waals surface area contributed by atoms with Crippen LogP contribution >= 0.6 is 21.6 Å². The van der Waals surface area contributed by atoms with Crippen LogP contribution in [-0.2, 0) is 22.7 Å². The van der Waals surface area contributed by atoms with Crippen molar-refractivity contribution >= 4 is 43.1 Å². The SMILES string of the molecule is CC(C)(C)[C@@H]1c2ccc3c(cccc3c2)CSSCc2cccc3cc(ccc23)CCCOC1(C)O. The first-order valence-corrected chi connectivity index (χ1v) is 15.3. The van der Waals surface area contributed by atoms with Gasteiger partial charge in [-0.2, -0.15) is 0 Å². The molecular weight excluding hydrogens is 480 g/mol. The molecule has 0 spiro atoms. The summed E-state index contributed by atoms with van der Waals surface area (Å²) in [7, 11) is 3.85. The number of aryl methyl sites for hydroxylation is 1. The molecule has 0 aliphatic carbocycles. The van der Waals surface area contributed by atoms with Crippen LogP contribution in [0.15, 0.2) is 72.8 Å². The van der Waals surface area contributed by atoms with Crippen LogP contribution in [-0.4, -0.2) is 17.5 Å². The molecular formula is C32H36O2S2. The van der Waals surface area contributed by atoms with E-state index < -0.39 is 5.79 Å². The van der Waals surface area contributed by atoms with Crippen LogP contribution in [0.5, 0.6) is 0 Å².